The lowest BCUT2D eigenvalue weighted by molar-refractivity contribution is 1.04. The second-order valence-corrected chi connectivity index (χ2v) is 4.85. The maximum absolute atomic E-state index is 5.37. The Labute approximate surface area is 123 Å². The van der Waals surface area contributed by atoms with E-state index in [9.17, 15) is 0 Å². The fourth-order valence-electron chi connectivity index (χ4n) is 2.36. The maximum Gasteiger partial charge on any atom is 0.239 e. The number of rotatable bonds is 4. The summed E-state index contributed by atoms with van der Waals surface area (Å²) in [6, 6.07) is 16.5. The zero-order chi connectivity index (χ0) is 14.7. The Kier molecular flexibility index (Phi) is 3.66. The summed E-state index contributed by atoms with van der Waals surface area (Å²) in [7, 11) is 0. The van der Waals surface area contributed by atoms with Crippen LogP contribution in [0, 0.1) is 6.92 Å². The third-order valence-electron chi connectivity index (χ3n) is 3.32. The standard InChI is InChI=1S/C16H17N5/c1-11-9-15(20-16(19-11)21-17)18-10-13-7-4-6-12-5-2-3-8-14(12)13/h2-9H,10,17H2,1H3,(H2,18,19,20,21). The number of hydrazine groups is 1. The lowest BCUT2D eigenvalue weighted by Gasteiger charge is -2.10. The molecule has 1 aromatic heterocycles. The van der Waals surface area contributed by atoms with Crippen molar-refractivity contribution in [2.45, 2.75) is 13.5 Å². The molecule has 0 amide bonds. The number of nitrogens with zero attached hydrogens (tertiary/aromatic N) is 2. The number of aromatic nitrogens is 2. The molecular weight excluding hydrogens is 262 g/mol. The molecule has 3 rings (SSSR count). The molecule has 3 aromatic rings. The van der Waals surface area contributed by atoms with Gasteiger partial charge in [-0.15, -0.1) is 0 Å². The summed E-state index contributed by atoms with van der Waals surface area (Å²) in [6.07, 6.45) is 0. The van der Waals surface area contributed by atoms with Gasteiger partial charge in [-0.05, 0) is 23.3 Å². The highest BCUT2D eigenvalue weighted by Gasteiger charge is 2.03. The molecule has 0 aliphatic heterocycles. The molecule has 106 valence electrons. The Bertz CT molecular complexity index is 764. The highest BCUT2D eigenvalue weighted by atomic mass is 15.3. The van der Waals surface area contributed by atoms with Crippen molar-refractivity contribution in [1.29, 1.82) is 0 Å². The van der Waals surface area contributed by atoms with Crippen molar-refractivity contribution >= 4 is 22.5 Å². The number of fused-ring (bicyclic) bond motifs is 1. The number of hydrogen-bond acceptors (Lipinski definition) is 5. The van der Waals surface area contributed by atoms with Gasteiger partial charge in [0.1, 0.15) is 5.82 Å². The van der Waals surface area contributed by atoms with Crippen LogP contribution in [0.2, 0.25) is 0 Å². The van der Waals surface area contributed by atoms with E-state index in [2.05, 4.69) is 57.1 Å². The first kappa shape index (κ1) is 13.3. The van der Waals surface area contributed by atoms with Gasteiger partial charge in [0.2, 0.25) is 5.95 Å². The Morgan fingerprint density at radius 1 is 1.05 bits per heavy atom. The molecule has 0 aliphatic carbocycles. The maximum atomic E-state index is 5.37. The molecule has 4 N–H and O–H groups in total. The van der Waals surface area contributed by atoms with Crippen molar-refractivity contribution in [2.75, 3.05) is 10.7 Å². The predicted octanol–water partition coefficient (Wildman–Crippen LogP) is 2.84. The lowest BCUT2D eigenvalue weighted by atomic mass is 10.0. The van der Waals surface area contributed by atoms with Crippen LogP contribution in [0.25, 0.3) is 10.8 Å². The smallest absolute Gasteiger partial charge is 0.239 e. The van der Waals surface area contributed by atoms with E-state index >= 15 is 0 Å². The third kappa shape index (κ3) is 2.93. The molecule has 2 aromatic carbocycles. The summed E-state index contributed by atoms with van der Waals surface area (Å²) < 4.78 is 0. The van der Waals surface area contributed by atoms with Gasteiger partial charge in [-0.2, -0.15) is 4.98 Å². The topological polar surface area (TPSA) is 75.9 Å². The summed E-state index contributed by atoms with van der Waals surface area (Å²) in [5.74, 6) is 6.53. The first-order valence-corrected chi connectivity index (χ1v) is 6.79. The average Bonchev–Trinajstić information content (AvgIpc) is 2.52. The van der Waals surface area contributed by atoms with E-state index in [0.29, 0.717) is 12.5 Å². The van der Waals surface area contributed by atoms with Crippen molar-refractivity contribution in [1.82, 2.24) is 9.97 Å². The SMILES string of the molecule is Cc1cc(NCc2cccc3ccccc23)nc(NN)n1. The highest BCUT2D eigenvalue weighted by molar-refractivity contribution is 5.85. The van der Waals surface area contributed by atoms with Crippen LogP contribution in [0.3, 0.4) is 0 Å². The van der Waals surface area contributed by atoms with Gasteiger partial charge in [-0.1, -0.05) is 42.5 Å². The van der Waals surface area contributed by atoms with Gasteiger partial charge in [0, 0.05) is 18.3 Å². The molecular formula is C16H17N5. The van der Waals surface area contributed by atoms with Crippen LogP contribution in [-0.4, -0.2) is 9.97 Å². The van der Waals surface area contributed by atoms with Crippen molar-refractivity contribution in [3.05, 3.63) is 59.8 Å². The van der Waals surface area contributed by atoms with Gasteiger partial charge in [0.25, 0.3) is 0 Å². The monoisotopic (exact) mass is 279 g/mol. The van der Waals surface area contributed by atoms with E-state index in [1.54, 1.807) is 0 Å². The van der Waals surface area contributed by atoms with Gasteiger partial charge in [-0.25, -0.2) is 10.8 Å². The summed E-state index contributed by atoms with van der Waals surface area (Å²) in [5, 5.41) is 5.80. The summed E-state index contributed by atoms with van der Waals surface area (Å²) in [6.45, 7) is 2.60. The molecule has 0 saturated carbocycles. The summed E-state index contributed by atoms with van der Waals surface area (Å²) >= 11 is 0. The number of nitrogens with two attached hydrogens (primary N) is 1. The molecule has 0 aliphatic rings. The van der Waals surface area contributed by atoms with Crippen LogP contribution < -0.4 is 16.6 Å². The molecule has 0 fully saturated rings. The van der Waals surface area contributed by atoms with E-state index in [-0.39, 0.29) is 0 Å². The Hall–Kier alpha value is -2.66. The minimum atomic E-state index is 0.412. The van der Waals surface area contributed by atoms with Crippen LogP contribution in [0.4, 0.5) is 11.8 Å². The second kappa shape index (κ2) is 5.76. The second-order valence-electron chi connectivity index (χ2n) is 4.85. The van der Waals surface area contributed by atoms with Crippen LogP contribution in [0.15, 0.2) is 48.5 Å². The number of nitrogen functional groups attached to an aromatic ring is 1. The molecule has 0 radical (unpaired) electrons. The molecule has 0 atom stereocenters. The summed E-state index contributed by atoms with van der Waals surface area (Å²) in [5.41, 5.74) is 4.56. The van der Waals surface area contributed by atoms with Gasteiger partial charge >= 0.3 is 0 Å². The van der Waals surface area contributed by atoms with Gasteiger partial charge in [0.05, 0.1) is 0 Å². The molecule has 1 heterocycles. The normalized spacial score (nSPS) is 10.6. The minimum Gasteiger partial charge on any atom is -0.366 e. The van der Waals surface area contributed by atoms with Crippen molar-refractivity contribution < 1.29 is 0 Å². The first-order chi connectivity index (χ1) is 10.3. The molecule has 0 saturated heterocycles. The Morgan fingerprint density at radius 2 is 1.86 bits per heavy atom. The summed E-state index contributed by atoms with van der Waals surface area (Å²) in [4.78, 5) is 8.46. The van der Waals surface area contributed by atoms with E-state index in [1.807, 2.05) is 19.1 Å². The molecule has 0 spiro atoms. The number of benzene rings is 2. The Balaban J connectivity index is 1.85. The predicted molar refractivity (Wildman–Crippen MR) is 85.9 cm³/mol. The first-order valence-electron chi connectivity index (χ1n) is 6.79. The lowest BCUT2D eigenvalue weighted by Crippen LogP contribution is -2.12. The zero-order valence-corrected chi connectivity index (χ0v) is 11.8. The van der Waals surface area contributed by atoms with Crippen molar-refractivity contribution in [3.63, 3.8) is 0 Å². The number of nitrogens with one attached hydrogen (secondary N) is 2. The largest absolute Gasteiger partial charge is 0.366 e. The van der Waals surface area contributed by atoms with Crippen LogP contribution in [0.5, 0.6) is 0 Å². The zero-order valence-electron chi connectivity index (χ0n) is 11.8. The number of hydrogen-bond donors (Lipinski definition) is 3. The quantitative estimate of drug-likeness (QED) is 0.506. The molecule has 0 unspecified atom stereocenters. The van der Waals surface area contributed by atoms with E-state index in [4.69, 9.17) is 5.84 Å². The Morgan fingerprint density at radius 3 is 2.71 bits per heavy atom. The van der Waals surface area contributed by atoms with E-state index < -0.39 is 0 Å². The minimum absolute atomic E-state index is 0.412. The third-order valence-corrected chi connectivity index (χ3v) is 3.32. The van der Waals surface area contributed by atoms with Gasteiger partial charge in [-0.3, -0.25) is 5.43 Å². The van der Waals surface area contributed by atoms with Crippen molar-refractivity contribution in [2.24, 2.45) is 5.84 Å². The van der Waals surface area contributed by atoms with E-state index in [0.717, 1.165) is 11.5 Å². The van der Waals surface area contributed by atoms with Gasteiger partial charge in [0.15, 0.2) is 0 Å². The molecule has 21 heavy (non-hydrogen) atoms. The molecule has 0 bridgehead atoms. The van der Waals surface area contributed by atoms with Crippen molar-refractivity contribution in [3.8, 4) is 0 Å². The molecule has 5 heteroatoms. The highest BCUT2D eigenvalue weighted by Crippen LogP contribution is 2.19. The molecule has 5 nitrogen and oxygen atoms in total. The van der Waals surface area contributed by atoms with Gasteiger partial charge < -0.3 is 5.32 Å². The number of aryl methyl sites for hydroxylation is 1. The fourth-order valence-corrected chi connectivity index (χ4v) is 2.36. The fraction of sp³-hybridized carbons (Fsp3) is 0.125. The average molecular weight is 279 g/mol. The van der Waals surface area contributed by atoms with Crippen LogP contribution >= 0.6 is 0 Å². The number of anilines is 2. The van der Waals surface area contributed by atoms with E-state index in [1.165, 1.54) is 16.3 Å². The van der Waals surface area contributed by atoms with Crippen LogP contribution in [-0.2, 0) is 6.54 Å². The van der Waals surface area contributed by atoms with Crippen LogP contribution in [0.1, 0.15) is 11.3 Å².